The molecule has 3 aromatic carbocycles. The number of halogens is 1. The van der Waals surface area contributed by atoms with Crippen molar-refractivity contribution in [3.63, 3.8) is 0 Å². The Morgan fingerprint density at radius 2 is 1.72 bits per heavy atom. The highest BCUT2D eigenvalue weighted by molar-refractivity contribution is 7.23. The lowest BCUT2D eigenvalue weighted by atomic mass is 9.91. The van der Waals surface area contributed by atoms with Crippen LogP contribution in [-0.2, 0) is 26.1 Å². The normalized spacial score (nSPS) is 16.3. The molecule has 11 nitrogen and oxygen atoms in total. The molecule has 2 atom stereocenters. The van der Waals surface area contributed by atoms with E-state index in [1.165, 1.54) is 16.2 Å². The maximum Gasteiger partial charge on any atom is 0.411 e. The lowest BCUT2D eigenvalue weighted by Crippen LogP contribution is -2.55. The van der Waals surface area contributed by atoms with Gasteiger partial charge in [0.15, 0.2) is 11.2 Å². The largest absolute Gasteiger partial charge is 0.479 e. The average molecular weight is 718 g/mol. The van der Waals surface area contributed by atoms with Crippen LogP contribution in [0.2, 0.25) is 5.02 Å². The Morgan fingerprint density at radius 1 is 1.02 bits per heavy atom. The molecule has 1 aliphatic heterocycles. The van der Waals surface area contributed by atoms with Gasteiger partial charge in [0.1, 0.15) is 11.6 Å². The van der Waals surface area contributed by atoms with Crippen LogP contribution in [-0.4, -0.2) is 67.0 Å². The number of carbonyl (C=O) groups is 3. The number of aryl methyl sites for hydroxylation is 2. The van der Waals surface area contributed by atoms with E-state index in [0.717, 1.165) is 16.5 Å². The summed E-state index contributed by atoms with van der Waals surface area (Å²) in [5.74, 6) is -1.46. The van der Waals surface area contributed by atoms with E-state index in [2.05, 4.69) is 5.10 Å². The van der Waals surface area contributed by atoms with Gasteiger partial charge in [-0.25, -0.2) is 14.6 Å². The number of piperazine rings is 1. The van der Waals surface area contributed by atoms with Crippen molar-refractivity contribution in [3.05, 3.63) is 76.4 Å². The molecule has 1 fully saturated rings. The molecule has 0 saturated carbocycles. The molecule has 2 amide bonds. The average Bonchev–Trinajstić information content (AvgIpc) is 3.61. The van der Waals surface area contributed by atoms with E-state index in [9.17, 15) is 19.5 Å². The first-order valence-corrected chi connectivity index (χ1v) is 17.4. The van der Waals surface area contributed by atoms with Gasteiger partial charge in [-0.15, -0.1) is 0 Å². The van der Waals surface area contributed by atoms with E-state index in [1.807, 2.05) is 71.1 Å². The predicted molar refractivity (Wildman–Crippen MR) is 195 cm³/mol. The van der Waals surface area contributed by atoms with Gasteiger partial charge in [0, 0.05) is 41.7 Å². The van der Waals surface area contributed by atoms with Crippen LogP contribution in [0.3, 0.4) is 0 Å². The van der Waals surface area contributed by atoms with Crippen LogP contribution in [0.1, 0.15) is 70.4 Å². The third kappa shape index (κ3) is 6.92. The van der Waals surface area contributed by atoms with Crippen molar-refractivity contribution in [1.82, 2.24) is 19.7 Å². The number of rotatable bonds is 6. The van der Waals surface area contributed by atoms with Gasteiger partial charge in [0.05, 0.1) is 27.5 Å². The van der Waals surface area contributed by atoms with Crippen molar-refractivity contribution in [1.29, 1.82) is 0 Å². The predicted octanol–water partition coefficient (Wildman–Crippen LogP) is 8.08. The molecule has 0 spiro atoms. The molecule has 0 aliphatic carbocycles. The fourth-order valence-electron chi connectivity index (χ4n) is 6.25. The number of amides is 2. The summed E-state index contributed by atoms with van der Waals surface area (Å²) in [7, 11) is 1.84. The molecule has 6 rings (SSSR count). The van der Waals surface area contributed by atoms with Crippen LogP contribution in [0, 0.1) is 6.92 Å². The molecule has 50 heavy (non-hydrogen) atoms. The molecule has 1 N–H and O–H groups in total. The molecule has 1 aliphatic rings. The smallest absolute Gasteiger partial charge is 0.411 e. The van der Waals surface area contributed by atoms with Gasteiger partial charge in [0.25, 0.3) is 5.91 Å². The van der Waals surface area contributed by atoms with Crippen LogP contribution < -0.4 is 4.90 Å². The fourth-order valence-corrected chi connectivity index (χ4v) is 7.54. The maximum atomic E-state index is 14.6. The van der Waals surface area contributed by atoms with Crippen LogP contribution in [0.4, 0.5) is 9.93 Å². The Morgan fingerprint density at radius 3 is 2.36 bits per heavy atom. The van der Waals surface area contributed by atoms with Crippen molar-refractivity contribution in [2.45, 2.75) is 71.8 Å². The van der Waals surface area contributed by atoms with Gasteiger partial charge in [0.2, 0.25) is 0 Å². The van der Waals surface area contributed by atoms with Crippen LogP contribution in [0.25, 0.3) is 32.2 Å². The monoisotopic (exact) mass is 717 g/mol. The van der Waals surface area contributed by atoms with Gasteiger partial charge in [-0.1, -0.05) is 41.1 Å². The number of aliphatic carboxylic acids is 1. The number of carboxylic acids is 1. The van der Waals surface area contributed by atoms with Crippen LogP contribution >= 0.6 is 22.9 Å². The van der Waals surface area contributed by atoms with Crippen LogP contribution in [0.15, 0.2) is 54.7 Å². The Kier molecular flexibility index (Phi) is 9.17. The Labute approximate surface area is 299 Å². The number of anilines is 1. The summed E-state index contributed by atoms with van der Waals surface area (Å²) in [6.07, 6.45) is -0.141. The number of carboxylic acid groups (broad SMARTS) is 1. The fraction of sp³-hybridized carbons (Fsp3) is 0.378. The van der Waals surface area contributed by atoms with Gasteiger partial charge >= 0.3 is 12.1 Å². The Balaban J connectivity index is 1.50. The summed E-state index contributed by atoms with van der Waals surface area (Å²) in [6.45, 7) is 13.0. The molecule has 13 heteroatoms. The minimum Gasteiger partial charge on any atom is -0.479 e. The van der Waals surface area contributed by atoms with E-state index >= 15 is 0 Å². The summed E-state index contributed by atoms with van der Waals surface area (Å²) in [6, 6.07) is 13.6. The molecular formula is C37H40ClN5O6S. The minimum absolute atomic E-state index is 0.177. The minimum atomic E-state index is -1.28. The molecule has 262 valence electrons. The molecule has 2 aromatic heterocycles. The first-order chi connectivity index (χ1) is 23.4. The van der Waals surface area contributed by atoms with E-state index in [0.29, 0.717) is 42.6 Å². The molecule has 1 unspecified atom stereocenters. The summed E-state index contributed by atoms with van der Waals surface area (Å²) in [5, 5.41) is 16.6. The van der Waals surface area contributed by atoms with Crippen molar-refractivity contribution in [2.24, 2.45) is 7.05 Å². The number of fused-ring (bicyclic) bond motifs is 2. The van der Waals surface area contributed by atoms with E-state index in [-0.39, 0.29) is 19.0 Å². The quantitative estimate of drug-likeness (QED) is 0.187. The number of carbonyl (C=O) groups excluding carboxylic acids is 2. The zero-order valence-electron chi connectivity index (χ0n) is 29.3. The summed E-state index contributed by atoms with van der Waals surface area (Å²) >= 11 is 7.55. The number of hydrogen-bond donors (Lipinski definition) is 1. The van der Waals surface area contributed by atoms with Crippen molar-refractivity contribution >= 4 is 67.2 Å². The number of benzene rings is 3. The van der Waals surface area contributed by atoms with E-state index in [1.54, 1.807) is 48.7 Å². The summed E-state index contributed by atoms with van der Waals surface area (Å²) in [4.78, 5) is 48.9. The second-order valence-electron chi connectivity index (χ2n) is 14.4. The number of nitrogens with zero attached hydrogens (tertiary/aromatic N) is 5. The number of hydrogen-bond acceptors (Lipinski definition) is 8. The van der Waals surface area contributed by atoms with Crippen molar-refractivity contribution in [2.75, 3.05) is 18.0 Å². The topological polar surface area (TPSA) is 127 Å². The highest BCUT2D eigenvalue weighted by Gasteiger charge is 2.42. The second-order valence-corrected chi connectivity index (χ2v) is 15.8. The number of ether oxygens (including phenoxy) is 2. The van der Waals surface area contributed by atoms with Gasteiger partial charge in [-0.2, -0.15) is 5.10 Å². The summed E-state index contributed by atoms with van der Waals surface area (Å²) in [5.41, 5.74) is 3.16. The Bertz CT molecular complexity index is 2130. The van der Waals surface area contributed by atoms with Crippen LogP contribution in [0.5, 0.6) is 0 Å². The third-order valence-electron chi connectivity index (χ3n) is 8.33. The lowest BCUT2D eigenvalue weighted by molar-refractivity contribution is -0.160. The first-order valence-electron chi connectivity index (χ1n) is 16.2. The first kappa shape index (κ1) is 35.3. The lowest BCUT2D eigenvalue weighted by Gasteiger charge is -2.40. The molecular weight excluding hydrogens is 678 g/mol. The van der Waals surface area contributed by atoms with Gasteiger partial charge < -0.3 is 14.6 Å². The second kappa shape index (κ2) is 13.0. The van der Waals surface area contributed by atoms with E-state index in [4.69, 9.17) is 26.1 Å². The van der Waals surface area contributed by atoms with Gasteiger partial charge in [-0.3, -0.25) is 19.3 Å². The SMILES string of the molecule is Cc1cc2nc(N3CCN(C(=O)OC(C)(C)C)C(c4ccc5c(cnn5C)c4)C3=O)sc2c(-c2ccc(Cl)cc2)c1[C@H](OC(C)(C)C)C(=O)O. The zero-order chi connectivity index (χ0) is 36.3. The highest BCUT2D eigenvalue weighted by atomic mass is 35.5. The zero-order valence-corrected chi connectivity index (χ0v) is 30.8. The molecule has 3 heterocycles. The van der Waals surface area contributed by atoms with Gasteiger partial charge in [-0.05, 0) is 95.5 Å². The Hall–Kier alpha value is -4.52. The standard InChI is InChI=1S/C37H40ClN5O6S/c1-20-17-25-31(28(21-9-12-24(38)13-10-21)27(20)30(33(45)46)48-36(2,3)4)50-34(40-25)43-16-15-42(35(47)49-37(5,6)7)29(32(43)44)22-11-14-26-23(18-22)19-39-41(26)8/h9-14,17-19,29-30H,15-16H2,1-8H3,(H,45,46)/t29?,30-/m0/s1. The van der Waals surface area contributed by atoms with Crippen molar-refractivity contribution < 1.29 is 29.0 Å². The third-order valence-corrected chi connectivity index (χ3v) is 9.69. The number of aromatic nitrogens is 3. The molecule has 0 bridgehead atoms. The highest BCUT2D eigenvalue weighted by Crippen LogP contribution is 2.45. The maximum absolute atomic E-state index is 14.6. The van der Waals surface area contributed by atoms with Crippen molar-refractivity contribution in [3.8, 4) is 11.1 Å². The van der Waals surface area contributed by atoms with E-state index < -0.39 is 35.4 Å². The number of thiazole rings is 1. The molecule has 5 aromatic rings. The molecule has 0 radical (unpaired) electrons. The molecule has 1 saturated heterocycles. The summed E-state index contributed by atoms with van der Waals surface area (Å²) < 4.78 is 14.3.